The second kappa shape index (κ2) is 9.62. The molecule has 1 aliphatic rings. The monoisotopic (exact) mass is 488 g/mol. The van der Waals surface area contributed by atoms with Crippen LogP contribution in [-0.4, -0.2) is 40.8 Å². The molecule has 10 heteroatoms. The highest BCUT2D eigenvalue weighted by Gasteiger charge is 2.31. The topological polar surface area (TPSA) is 101 Å². The number of amides is 1. The summed E-state index contributed by atoms with van der Waals surface area (Å²) < 4.78 is 29.1. The Morgan fingerprint density at radius 1 is 1.18 bits per heavy atom. The second-order valence-electron chi connectivity index (χ2n) is 8.21. The van der Waals surface area contributed by atoms with E-state index in [-0.39, 0.29) is 23.4 Å². The first-order valence-corrected chi connectivity index (χ1v) is 12.6. The van der Waals surface area contributed by atoms with E-state index >= 15 is 0 Å². The van der Waals surface area contributed by atoms with Crippen molar-refractivity contribution in [2.75, 3.05) is 6.54 Å². The summed E-state index contributed by atoms with van der Waals surface area (Å²) in [6.07, 6.45) is 4.03. The zero-order valence-corrected chi connectivity index (χ0v) is 19.8. The van der Waals surface area contributed by atoms with Crippen LogP contribution in [0.4, 0.5) is 0 Å². The fourth-order valence-corrected chi connectivity index (χ4v) is 5.92. The molecular formula is C23H25ClN4O4S. The highest BCUT2D eigenvalue weighted by molar-refractivity contribution is 7.89. The molecule has 0 aliphatic carbocycles. The molecule has 1 atom stereocenters. The number of nitrogens with one attached hydrogen (secondary N) is 1. The van der Waals surface area contributed by atoms with Gasteiger partial charge in [-0.25, -0.2) is 18.2 Å². The van der Waals surface area contributed by atoms with E-state index in [0.717, 1.165) is 24.8 Å². The van der Waals surface area contributed by atoms with Gasteiger partial charge in [-0.3, -0.25) is 9.36 Å². The molecule has 4 rings (SSSR count). The molecule has 1 N–H and O–H groups in total. The van der Waals surface area contributed by atoms with Crippen LogP contribution in [0, 0.1) is 0 Å². The maximum Gasteiger partial charge on any atom is 0.348 e. The average Bonchev–Trinajstić information content (AvgIpc) is 2.80. The van der Waals surface area contributed by atoms with E-state index in [1.807, 2.05) is 6.92 Å². The van der Waals surface area contributed by atoms with Crippen molar-refractivity contribution < 1.29 is 13.2 Å². The molecule has 1 saturated heterocycles. The van der Waals surface area contributed by atoms with Crippen molar-refractivity contribution in [3.63, 3.8) is 0 Å². The largest absolute Gasteiger partial charge is 0.350 e. The maximum atomic E-state index is 13.2. The van der Waals surface area contributed by atoms with Crippen molar-refractivity contribution in [1.82, 2.24) is 19.2 Å². The number of aromatic nitrogens is 2. The van der Waals surface area contributed by atoms with Crippen LogP contribution in [0.15, 0.2) is 58.4 Å². The second-order valence-corrected chi connectivity index (χ2v) is 10.5. The van der Waals surface area contributed by atoms with E-state index in [4.69, 9.17) is 11.6 Å². The Morgan fingerprint density at radius 2 is 1.94 bits per heavy atom. The molecular weight excluding hydrogens is 464 g/mol. The number of rotatable bonds is 6. The van der Waals surface area contributed by atoms with Crippen LogP contribution in [0.1, 0.15) is 31.7 Å². The molecule has 1 unspecified atom stereocenters. The number of piperidine rings is 1. The van der Waals surface area contributed by atoms with Crippen molar-refractivity contribution in [2.45, 2.75) is 50.2 Å². The predicted molar refractivity (Wildman–Crippen MR) is 127 cm³/mol. The van der Waals surface area contributed by atoms with Gasteiger partial charge in [-0.1, -0.05) is 30.2 Å². The molecule has 1 amide bonds. The van der Waals surface area contributed by atoms with Gasteiger partial charge in [0, 0.05) is 35.7 Å². The van der Waals surface area contributed by atoms with Gasteiger partial charge in [0.15, 0.2) is 0 Å². The zero-order valence-electron chi connectivity index (χ0n) is 18.2. The smallest absolute Gasteiger partial charge is 0.348 e. The minimum Gasteiger partial charge on any atom is -0.350 e. The van der Waals surface area contributed by atoms with Crippen LogP contribution in [0.5, 0.6) is 0 Å². The Bertz CT molecular complexity index is 1340. The summed E-state index contributed by atoms with van der Waals surface area (Å²) in [5.41, 5.74) is 0.740. The normalized spacial score (nSPS) is 17.2. The van der Waals surface area contributed by atoms with Gasteiger partial charge in [0.05, 0.1) is 10.4 Å². The molecule has 8 nitrogen and oxygen atoms in total. The van der Waals surface area contributed by atoms with Crippen molar-refractivity contribution in [1.29, 1.82) is 0 Å². The fraction of sp³-hybridized carbons (Fsp3) is 0.348. The molecule has 3 aromatic rings. The molecule has 33 heavy (non-hydrogen) atoms. The number of hydrogen-bond donors (Lipinski definition) is 1. The van der Waals surface area contributed by atoms with Crippen molar-refractivity contribution in [2.24, 2.45) is 0 Å². The predicted octanol–water partition coefficient (Wildman–Crippen LogP) is 2.93. The van der Waals surface area contributed by atoms with Gasteiger partial charge in [-0.15, -0.1) is 0 Å². The minimum atomic E-state index is -3.66. The van der Waals surface area contributed by atoms with Crippen LogP contribution in [0.25, 0.3) is 10.9 Å². The lowest BCUT2D eigenvalue weighted by Crippen LogP contribution is -2.41. The maximum absolute atomic E-state index is 13.2. The first kappa shape index (κ1) is 23.4. The summed E-state index contributed by atoms with van der Waals surface area (Å²) in [4.78, 5) is 28.9. The summed E-state index contributed by atoms with van der Waals surface area (Å²) in [5.74, 6) is -0.361. The highest BCUT2D eigenvalue weighted by Crippen LogP contribution is 2.27. The van der Waals surface area contributed by atoms with Gasteiger partial charge >= 0.3 is 5.69 Å². The lowest BCUT2D eigenvalue weighted by Gasteiger charge is -2.32. The number of hydrogen-bond acceptors (Lipinski definition) is 5. The molecule has 0 bridgehead atoms. The Kier molecular flexibility index (Phi) is 6.83. The third-order valence-electron chi connectivity index (χ3n) is 5.89. The number of carbonyl (C=O) groups excluding carboxylic acids is 1. The molecule has 1 aromatic heterocycles. The van der Waals surface area contributed by atoms with Gasteiger partial charge in [0.25, 0.3) is 0 Å². The summed E-state index contributed by atoms with van der Waals surface area (Å²) in [5, 5.41) is 3.85. The van der Waals surface area contributed by atoms with Crippen LogP contribution in [0.3, 0.4) is 0 Å². The van der Waals surface area contributed by atoms with Gasteiger partial charge in [0.1, 0.15) is 6.54 Å². The van der Waals surface area contributed by atoms with E-state index in [1.165, 1.54) is 27.2 Å². The molecule has 174 valence electrons. The van der Waals surface area contributed by atoms with Crippen LogP contribution in [-0.2, 0) is 27.9 Å². The van der Waals surface area contributed by atoms with E-state index < -0.39 is 15.7 Å². The first-order valence-electron chi connectivity index (χ1n) is 10.8. The van der Waals surface area contributed by atoms with Crippen molar-refractivity contribution in [3.8, 4) is 0 Å². The molecule has 2 heterocycles. The van der Waals surface area contributed by atoms with Crippen LogP contribution in [0.2, 0.25) is 5.02 Å². The molecule has 1 aliphatic heterocycles. The van der Waals surface area contributed by atoms with E-state index in [2.05, 4.69) is 10.3 Å². The van der Waals surface area contributed by atoms with E-state index in [9.17, 15) is 18.0 Å². The number of carbonyl (C=O) groups is 1. The highest BCUT2D eigenvalue weighted by atomic mass is 35.5. The Hall–Kier alpha value is -2.75. The molecule has 0 radical (unpaired) electrons. The quantitative estimate of drug-likeness (QED) is 0.574. The number of benzene rings is 2. The van der Waals surface area contributed by atoms with Crippen molar-refractivity contribution >= 4 is 38.4 Å². The average molecular weight is 489 g/mol. The van der Waals surface area contributed by atoms with Gasteiger partial charge in [-0.2, -0.15) is 4.31 Å². The molecule has 0 spiro atoms. The number of fused-ring (bicyclic) bond motifs is 1. The number of sulfonamides is 1. The number of nitrogens with zero attached hydrogens (tertiary/aromatic N) is 3. The summed E-state index contributed by atoms with van der Waals surface area (Å²) in [6, 6.07) is 11.6. The lowest BCUT2D eigenvalue weighted by molar-refractivity contribution is -0.121. The third-order valence-corrected chi connectivity index (χ3v) is 8.15. The SMILES string of the molecule is CC1CCCCN1S(=O)(=O)c1ccc2c(cnc(=O)n2CC(=O)NCc2ccc(Cl)cc2)c1. The van der Waals surface area contributed by atoms with E-state index in [0.29, 0.717) is 29.0 Å². The molecule has 1 fully saturated rings. The Morgan fingerprint density at radius 3 is 2.67 bits per heavy atom. The van der Waals surface area contributed by atoms with Gasteiger partial charge in [0.2, 0.25) is 15.9 Å². The molecule has 2 aromatic carbocycles. The Labute approximate surface area is 197 Å². The number of halogens is 1. The fourth-order valence-electron chi connectivity index (χ4n) is 4.06. The van der Waals surface area contributed by atoms with E-state index in [1.54, 1.807) is 30.3 Å². The summed E-state index contributed by atoms with van der Waals surface area (Å²) >= 11 is 5.87. The third kappa shape index (κ3) is 5.10. The van der Waals surface area contributed by atoms with Crippen LogP contribution >= 0.6 is 11.6 Å². The van der Waals surface area contributed by atoms with Crippen molar-refractivity contribution in [3.05, 3.63) is 69.7 Å². The summed E-state index contributed by atoms with van der Waals surface area (Å²) in [7, 11) is -3.66. The van der Waals surface area contributed by atoms with Gasteiger partial charge in [-0.05, 0) is 55.7 Å². The Balaban J connectivity index is 1.57. The standard InChI is InChI=1S/C23H25ClN4O4S/c1-16-4-2-3-11-28(16)33(31,32)20-9-10-21-18(12-20)14-26-23(30)27(21)15-22(29)25-13-17-5-7-19(24)8-6-17/h5-10,12,14,16H,2-4,11,13,15H2,1H3,(H,25,29). The lowest BCUT2D eigenvalue weighted by atomic mass is 10.1. The first-order chi connectivity index (χ1) is 15.8. The summed E-state index contributed by atoms with van der Waals surface area (Å²) in [6.45, 7) is 2.47. The zero-order chi connectivity index (χ0) is 23.6. The van der Waals surface area contributed by atoms with Crippen LogP contribution < -0.4 is 11.0 Å². The molecule has 0 saturated carbocycles. The minimum absolute atomic E-state index is 0.0594. The van der Waals surface area contributed by atoms with Gasteiger partial charge < -0.3 is 5.32 Å².